The minimum absolute atomic E-state index is 0.000506. The first-order valence-corrected chi connectivity index (χ1v) is 6.86. The Bertz CT molecular complexity index is 393. The van der Waals surface area contributed by atoms with Gasteiger partial charge in [0.05, 0.1) is 17.9 Å². The summed E-state index contributed by atoms with van der Waals surface area (Å²) in [5.41, 5.74) is -0.416. The molecule has 1 saturated heterocycles. The van der Waals surface area contributed by atoms with Gasteiger partial charge in [-0.3, -0.25) is 9.59 Å². The summed E-state index contributed by atoms with van der Waals surface area (Å²) in [6.07, 6.45) is 1.87. The third kappa shape index (κ3) is 2.36. The van der Waals surface area contributed by atoms with Gasteiger partial charge in [0.1, 0.15) is 0 Å². The molecule has 0 bridgehead atoms. The molecule has 2 unspecified atom stereocenters. The number of carboxylic acids is 1. The van der Waals surface area contributed by atoms with Crippen LogP contribution in [0.3, 0.4) is 0 Å². The number of methoxy groups -OCH3 is 1. The fourth-order valence-corrected chi connectivity index (χ4v) is 3.41. The maximum Gasteiger partial charge on any atom is 0.307 e. The second kappa shape index (κ2) is 4.78. The van der Waals surface area contributed by atoms with Crippen molar-refractivity contribution in [3.63, 3.8) is 0 Å². The van der Waals surface area contributed by atoms with Crippen molar-refractivity contribution < 1.29 is 19.4 Å². The molecular weight excluding hydrogens is 246 g/mol. The van der Waals surface area contributed by atoms with Crippen molar-refractivity contribution in [1.82, 2.24) is 4.90 Å². The van der Waals surface area contributed by atoms with Crippen molar-refractivity contribution >= 4 is 11.9 Å². The van der Waals surface area contributed by atoms with Crippen LogP contribution in [-0.4, -0.2) is 47.7 Å². The Morgan fingerprint density at radius 3 is 2.37 bits per heavy atom. The summed E-state index contributed by atoms with van der Waals surface area (Å²) >= 11 is 0. The van der Waals surface area contributed by atoms with E-state index in [-0.39, 0.29) is 24.0 Å². The number of piperidine rings is 1. The number of aliphatic carboxylic acids is 1. The molecule has 0 radical (unpaired) electrons. The normalized spacial score (nSPS) is 36.9. The van der Waals surface area contributed by atoms with Crippen molar-refractivity contribution in [2.45, 2.75) is 45.8 Å². The maximum atomic E-state index is 12.5. The third-order valence-corrected chi connectivity index (χ3v) is 4.80. The molecule has 1 amide bonds. The van der Waals surface area contributed by atoms with Gasteiger partial charge >= 0.3 is 5.97 Å². The number of rotatable bonds is 3. The van der Waals surface area contributed by atoms with E-state index in [0.29, 0.717) is 6.54 Å². The molecule has 5 nitrogen and oxygen atoms in total. The number of likely N-dealkylation sites (tertiary alicyclic amines) is 1. The van der Waals surface area contributed by atoms with Crippen molar-refractivity contribution in [3.8, 4) is 0 Å². The molecule has 1 aliphatic heterocycles. The first-order chi connectivity index (χ1) is 8.80. The zero-order valence-electron chi connectivity index (χ0n) is 12.0. The van der Waals surface area contributed by atoms with Gasteiger partial charge in [0.25, 0.3) is 0 Å². The van der Waals surface area contributed by atoms with Crippen LogP contribution in [0.5, 0.6) is 0 Å². The molecule has 19 heavy (non-hydrogen) atoms. The topological polar surface area (TPSA) is 66.8 Å². The lowest BCUT2D eigenvalue weighted by Gasteiger charge is -2.37. The molecule has 5 heteroatoms. The number of hydrogen-bond donors (Lipinski definition) is 1. The average molecular weight is 269 g/mol. The van der Waals surface area contributed by atoms with E-state index in [2.05, 4.69) is 0 Å². The molecule has 1 aliphatic carbocycles. The van der Waals surface area contributed by atoms with Gasteiger partial charge in [0, 0.05) is 19.7 Å². The number of carboxylic acid groups (broad SMARTS) is 1. The zero-order chi connectivity index (χ0) is 14.4. The minimum atomic E-state index is -0.859. The Balaban J connectivity index is 2.04. The molecule has 0 aromatic heterocycles. The van der Waals surface area contributed by atoms with Crippen molar-refractivity contribution in [1.29, 1.82) is 0 Å². The largest absolute Gasteiger partial charge is 0.481 e. The van der Waals surface area contributed by atoms with Crippen LogP contribution in [0.15, 0.2) is 0 Å². The number of nitrogens with zero attached hydrogens (tertiary/aromatic N) is 1. The Hall–Kier alpha value is -1.10. The number of carbonyl (C=O) groups is 2. The van der Waals surface area contributed by atoms with Crippen LogP contribution in [0, 0.1) is 17.3 Å². The van der Waals surface area contributed by atoms with Crippen LogP contribution in [0.25, 0.3) is 0 Å². The Kier molecular flexibility index (Phi) is 3.60. The molecule has 2 aliphatic rings. The number of hydrogen-bond acceptors (Lipinski definition) is 3. The highest BCUT2D eigenvalue weighted by Gasteiger charge is 2.66. The number of ether oxygens (including phenoxy) is 1. The zero-order valence-corrected chi connectivity index (χ0v) is 12.0. The fraction of sp³-hybridized carbons (Fsp3) is 0.857. The Morgan fingerprint density at radius 2 is 1.95 bits per heavy atom. The highest BCUT2D eigenvalue weighted by Crippen LogP contribution is 2.59. The standard InChI is InChI=1S/C14H23NO4/c1-8-7-9(19-4)5-6-15(8)12(16)10-11(13(17)18)14(10,2)3/h8-11H,5-7H2,1-4H3,(H,17,18)/t8?,9?,10-,11+/m1/s1. The molecule has 0 spiro atoms. The van der Waals surface area contributed by atoms with Crippen molar-refractivity contribution in [2.75, 3.05) is 13.7 Å². The average Bonchev–Trinajstić information content (AvgIpc) is 2.91. The molecular formula is C14H23NO4. The lowest BCUT2D eigenvalue weighted by Crippen LogP contribution is -2.47. The quantitative estimate of drug-likeness (QED) is 0.840. The van der Waals surface area contributed by atoms with E-state index in [1.165, 1.54) is 0 Å². The van der Waals surface area contributed by atoms with Gasteiger partial charge in [-0.15, -0.1) is 0 Å². The molecule has 1 N–H and O–H groups in total. The molecule has 1 saturated carbocycles. The Morgan fingerprint density at radius 1 is 1.32 bits per heavy atom. The summed E-state index contributed by atoms with van der Waals surface area (Å²) in [5.74, 6) is -1.76. The molecule has 4 atom stereocenters. The molecule has 1 heterocycles. The monoisotopic (exact) mass is 269 g/mol. The summed E-state index contributed by atoms with van der Waals surface area (Å²) < 4.78 is 5.33. The van der Waals surface area contributed by atoms with E-state index in [4.69, 9.17) is 9.84 Å². The van der Waals surface area contributed by atoms with Crippen LogP contribution in [0.2, 0.25) is 0 Å². The molecule has 0 aromatic carbocycles. The van der Waals surface area contributed by atoms with E-state index in [9.17, 15) is 9.59 Å². The minimum Gasteiger partial charge on any atom is -0.481 e. The summed E-state index contributed by atoms with van der Waals surface area (Å²) in [6, 6.07) is 0.122. The second-order valence-electron chi connectivity index (χ2n) is 6.38. The number of amides is 1. The third-order valence-electron chi connectivity index (χ3n) is 4.80. The van der Waals surface area contributed by atoms with E-state index in [1.54, 1.807) is 7.11 Å². The van der Waals surface area contributed by atoms with Crippen LogP contribution in [-0.2, 0) is 14.3 Å². The smallest absolute Gasteiger partial charge is 0.307 e. The van der Waals surface area contributed by atoms with E-state index < -0.39 is 17.3 Å². The predicted octanol–water partition coefficient (Wildman–Crippen LogP) is 1.37. The molecule has 108 valence electrons. The fourth-order valence-electron chi connectivity index (χ4n) is 3.41. The highest BCUT2D eigenvalue weighted by molar-refractivity contribution is 5.91. The van der Waals surface area contributed by atoms with E-state index in [1.807, 2.05) is 25.7 Å². The van der Waals surface area contributed by atoms with Crippen LogP contribution >= 0.6 is 0 Å². The second-order valence-corrected chi connectivity index (χ2v) is 6.38. The van der Waals surface area contributed by atoms with Crippen molar-refractivity contribution in [3.05, 3.63) is 0 Å². The SMILES string of the molecule is COC1CCN(C(=O)[C@H]2[C@@H](C(=O)O)C2(C)C)C(C)C1. The van der Waals surface area contributed by atoms with Gasteiger partial charge in [-0.1, -0.05) is 13.8 Å². The maximum absolute atomic E-state index is 12.5. The van der Waals surface area contributed by atoms with Crippen LogP contribution in [0.4, 0.5) is 0 Å². The van der Waals surface area contributed by atoms with Gasteiger partial charge in [-0.25, -0.2) is 0 Å². The van der Waals surface area contributed by atoms with E-state index >= 15 is 0 Å². The van der Waals surface area contributed by atoms with Gasteiger partial charge < -0.3 is 14.7 Å². The lowest BCUT2D eigenvalue weighted by molar-refractivity contribution is -0.144. The predicted molar refractivity (Wildman–Crippen MR) is 69.6 cm³/mol. The first kappa shape index (κ1) is 14.3. The van der Waals surface area contributed by atoms with Gasteiger partial charge in [-0.2, -0.15) is 0 Å². The van der Waals surface area contributed by atoms with Crippen LogP contribution < -0.4 is 0 Å². The molecule has 2 fully saturated rings. The van der Waals surface area contributed by atoms with Gasteiger partial charge in [0.2, 0.25) is 5.91 Å². The van der Waals surface area contributed by atoms with Crippen LogP contribution in [0.1, 0.15) is 33.6 Å². The highest BCUT2D eigenvalue weighted by atomic mass is 16.5. The van der Waals surface area contributed by atoms with Gasteiger partial charge in [-0.05, 0) is 25.2 Å². The molecule has 2 rings (SSSR count). The molecule has 0 aromatic rings. The van der Waals surface area contributed by atoms with E-state index in [0.717, 1.165) is 12.8 Å². The first-order valence-electron chi connectivity index (χ1n) is 6.86. The van der Waals surface area contributed by atoms with Gasteiger partial charge in [0.15, 0.2) is 0 Å². The summed E-state index contributed by atoms with van der Waals surface area (Å²) in [7, 11) is 1.69. The summed E-state index contributed by atoms with van der Waals surface area (Å²) in [4.78, 5) is 25.5. The summed E-state index contributed by atoms with van der Waals surface area (Å²) in [6.45, 7) is 6.40. The summed E-state index contributed by atoms with van der Waals surface area (Å²) in [5, 5.41) is 9.16. The van der Waals surface area contributed by atoms with Crippen molar-refractivity contribution in [2.24, 2.45) is 17.3 Å². The number of carbonyl (C=O) groups excluding carboxylic acids is 1. The lowest BCUT2D eigenvalue weighted by atomic mass is 9.99. The Labute approximate surface area is 113 Å².